The average molecular weight is 1180 g/mol. The van der Waals surface area contributed by atoms with Crippen LogP contribution in [0.3, 0.4) is 0 Å². The molecular weight excluding hydrogens is 1100 g/mol. The smallest absolute Gasteiger partial charge is 0.426 e. The zero-order valence-electron chi connectivity index (χ0n) is 47.0. The van der Waals surface area contributed by atoms with Gasteiger partial charge >= 0.3 is 30.0 Å². The summed E-state index contributed by atoms with van der Waals surface area (Å²) in [6.45, 7) is 13.6. The molecule has 1 aromatic carbocycles. The monoisotopic (exact) mass is 1180 g/mol. The number of rotatable bonds is 33. The standard InChI is InChI=1S/C53H80N8O16S3/c1-10-14-44(65)76-29-61(50(69)45(31(5)11-2)57-48(68)40-15-12-13-20-60(40)9)41(30(3)4)26-42(77-34(8)62)49-56-38(27-78-49)47(67)54-36(25-35-16-18-37(63)19-17-35)23-32(6)46(66)58-59-53(74)75-21-22-79-80-28-39(52(72)73)55-43(64)24-33(7)51(70)71/h16-19,27,30-33,36,39-42,45,63H,10-15,20-26,28-29H2,1-9H3,(H,54,67)(H,55,64)(H,57,68)(H,58,66)(H,59,74)(H,70,71)(H,72,73)/t31-,32+,33+,36-,39+,40-,41-,42-,45+/m1/s1. The number of carbonyl (C=O) groups excluding carboxylic acids is 8. The molecule has 8 N–H and O–H groups in total. The van der Waals surface area contributed by atoms with Gasteiger partial charge in [-0.3, -0.25) is 48.7 Å². The second kappa shape index (κ2) is 34.8. The number of hydrogen-bond acceptors (Lipinski definition) is 19. The number of ether oxygens (including phenoxy) is 3. The highest BCUT2D eigenvalue weighted by Crippen LogP contribution is 2.32. The molecule has 0 aliphatic carbocycles. The third-order valence-corrected chi connectivity index (χ3v) is 16.6. The maximum absolute atomic E-state index is 14.9. The Labute approximate surface area is 479 Å². The maximum atomic E-state index is 14.9. The van der Waals surface area contributed by atoms with Crippen molar-refractivity contribution >= 4 is 92.4 Å². The molecule has 1 aromatic heterocycles. The number of amides is 6. The molecule has 6 amide bonds. The number of aromatic nitrogens is 1. The summed E-state index contributed by atoms with van der Waals surface area (Å²) in [5.74, 6) is -8.69. The highest BCUT2D eigenvalue weighted by molar-refractivity contribution is 8.76. The fraction of sp³-hybridized carbons (Fsp3) is 0.642. The Bertz CT molecular complexity index is 2400. The minimum Gasteiger partial charge on any atom is -0.508 e. The zero-order chi connectivity index (χ0) is 59.6. The molecule has 24 nitrogen and oxygen atoms in total. The molecule has 0 unspecified atom stereocenters. The van der Waals surface area contributed by atoms with Crippen molar-refractivity contribution in [2.75, 3.05) is 38.4 Å². The number of phenols is 1. The molecular formula is C53H80N8O16S3. The fourth-order valence-corrected chi connectivity index (χ4v) is 11.3. The molecule has 1 fully saturated rings. The Morgan fingerprint density at radius 2 is 1.57 bits per heavy atom. The van der Waals surface area contributed by atoms with E-state index in [2.05, 4.69) is 31.8 Å². The van der Waals surface area contributed by atoms with Gasteiger partial charge in [0.2, 0.25) is 23.6 Å². The number of carboxylic acid groups (broad SMARTS) is 2. The first kappa shape index (κ1) is 68.1. The van der Waals surface area contributed by atoms with Crippen molar-refractivity contribution in [3.05, 3.63) is 45.9 Å². The molecule has 27 heteroatoms. The molecule has 9 atom stereocenters. The first-order valence-electron chi connectivity index (χ1n) is 26.7. The van der Waals surface area contributed by atoms with Crippen molar-refractivity contribution in [3.63, 3.8) is 0 Å². The highest BCUT2D eigenvalue weighted by atomic mass is 33.1. The van der Waals surface area contributed by atoms with E-state index in [9.17, 15) is 58.2 Å². The van der Waals surface area contributed by atoms with E-state index in [0.29, 0.717) is 24.8 Å². The van der Waals surface area contributed by atoms with Crippen LogP contribution in [0.5, 0.6) is 5.75 Å². The van der Waals surface area contributed by atoms with Crippen LogP contribution in [-0.2, 0) is 59.0 Å². The van der Waals surface area contributed by atoms with Crippen molar-refractivity contribution in [1.82, 2.24) is 41.6 Å². The van der Waals surface area contributed by atoms with Gasteiger partial charge in [-0.15, -0.1) is 11.3 Å². The van der Waals surface area contributed by atoms with Gasteiger partial charge in [-0.25, -0.2) is 20.0 Å². The minimum atomic E-state index is -1.31. The molecule has 80 heavy (non-hydrogen) atoms. The Kier molecular flexibility index (Phi) is 29.7. The van der Waals surface area contributed by atoms with Crippen molar-refractivity contribution in [2.24, 2.45) is 23.7 Å². The number of likely N-dealkylation sites (N-methyl/N-ethyl adjacent to an activating group) is 1. The molecule has 0 saturated carbocycles. The summed E-state index contributed by atoms with van der Waals surface area (Å²) in [4.78, 5) is 137. The van der Waals surface area contributed by atoms with Crippen LogP contribution in [0.1, 0.15) is 140 Å². The van der Waals surface area contributed by atoms with E-state index in [1.54, 1.807) is 19.1 Å². The molecule has 0 bridgehead atoms. The lowest BCUT2D eigenvalue weighted by atomic mass is 9.92. The number of aliphatic carboxylic acids is 2. The predicted octanol–water partition coefficient (Wildman–Crippen LogP) is 5.20. The Hall–Kier alpha value is -6.19. The van der Waals surface area contributed by atoms with E-state index < -0.39 is 108 Å². The van der Waals surface area contributed by atoms with Gasteiger partial charge in [0, 0.05) is 61.1 Å². The first-order valence-corrected chi connectivity index (χ1v) is 30.1. The number of thiazole rings is 1. The van der Waals surface area contributed by atoms with Crippen LogP contribution in [-0.4, -0.2) is 158 Å². The minimum absolute atomic E-state index is 0.0162. The van der Waals surface area contributed by atoms with E-state index >= 15 is 0 Å². The van der Waals surface area contributed by atoms with Crippen molar-refractivity contribution in [3.8, 4) is 5.75 Å². The predicted molar refractivity (Wildman–Crippen MR) is 300 cm³/mol. The number of carboxylic acids is 2. The van der Waals surface area contributed by atoms with Crippen molar-refractivity contribution < 1.29 is 77.5 Å². The summed E-state index contributed by atoms with van der Waals surface area (Å²) in [5.41, 5.74) is 5.14. The average Bonchev–Trinajstić information content (AvgIpc) is 3.95. The number of nitrogens with one attached hydrogen (secondary N) is 5. The van der Waals surface area contributed by atoms with E-state index in [1.807, 2.05) is 46.6 Å². The van der Waals surface area contributed by atoms with E-state index in [-0.39, 0.29) is 84.4 Å². The summed E-state index contributed by atoms with van der Waals surface area (Å²) < 4.78 is 16.7. The third kappa shape index (κ3) is 23.5. The lowest BCUT2D eigenvalue weighted by Gasteiger charge is -2.39. The van der Waals surface area contributed by atoms with Crippen molar-refractivity contribution in [1.29, 1.82) is 0 Å². The number of hydrazine groups is 1. The van der Waals surface area contributed by atoms with Crippen LogP contribution in [0.2, 0.25) is 0 Å². The van der Waals surface area contributed by atoms with Gasteiger partial charge in [0.1, 0.15) is 35.1 Å². The third-order valence-electron chi connectivity index (χ3n) is 13.3. The summed E-state index contributed by atoms with van der Waals surface area (Å²) >= 11 is 1.05. The fourth-order valence-electron chi connectivity index (χ4n) is 8.49. The van der Waals surface area contributed by atoms with Gasteiger partial charge in [-0.1, -0.05) is 95.0 Å². The van der Waals surface area contributed by atoms with E-state index in [0.717, 1.165) is 52.3 Å². The number of benzene rings is 1. The first-order chi connectivity index (χ1) is 37.8. The number of esters is 2. The lowest BCUT2D eigenvalue weighted by molar-refractivity contribution is -0.160. The lowest BCUT2D eigenvalue weighted by Crippen LogP contribution is -2.59. The van der Waals surface area contributed by atoms with Crippen molar-refractivity contribution in [2.45, 2.75) is 156 Å². The van der Waals surface area contributed by atoms with Gasteiger partial charge in [0.15, 0.2) is 12.8 Å². The molecule has 1 aliphatic heterocycles. The normalized spacial score (nSPS) is 16.4. The van der Waals surface area contributed by atoms with E-state index in [4.69, 9.17) is 19.3 Å². The Balaban J connectivity index is 1.75. The molecule has 2 aromatic rings. The van der Waals surface area contributed by atoms with Crippen LogP contribution >= 0.6 is 32.9 Å². The quantitative estimate of drug-likeness (QED) is 0.0114. The number of piperidine rings is 1. The summed E-state index contributed by atoms with van der Waals surface area (Å²) in [6, 6.07) is 2.12. The SMILES string of the molecule is CCCC(=O)OCN(C(=O)[C@@H](NC(=O)[C@H]1CCCCN1C)[C@H](C)CC)[C@H](C[C@@H](OC(C)=O)c1nc(C(=O)N[C@@H](Cc2ccc(O)cc2)C[C@H](C)C(=O)NNC(=O)OCCSSC[C@H](NC(=O)C[C@H](C)C(=O)O)C(=O)O)cs1)C(C)C. The second-order valence-corrected chi connectivity index (χ2v) is 23.7. The maximum Gasteiger partial charge on any atom is 0.426 e. The second-order valence-electron chi connectivity index (χ2n) is 20.2. The molecule has 0 radical (unpaired) electrons. The summed E-state index contributed by atoms with van der Waals surface area (Å²) in [7, 11) is 4.12. The van der Waals surface area contributed by atoms with Gasteiger partial charge in [0.25, 0.3) is 5.91 Å². The summed E-state index contributed by atoms with van der Waals surface area (Å²) in [6.07, 6.45) is 1.39. The number of phenolic OH excluding ortho intramolecular Hbond substituents is 1. The van der Waals surface area contributed by atoms with Crippen LogP contribution in [0.25, 0.3) is 0 Å². The van der Waals surface area contributed by atoms with Gasteiger partial charge in [-0.2, -0.15) is 0 Å². The van der Waals surface area contributed by atoms with Crippen LogP contribution in [0.4, 0.5) is 4.79 Å². The number of likely N-dealkylation sites (tertiary alicyclic amines) is 1. The van der Waals surface area contributed by atoms with Crippen LogP contribution < -0.4 is 26.8 Å². The highest BCUT2D eigenvalue weighted by Gasteiger charge is 2.40. The number of nitrogens with zero attached hydrogens (tertiary/aromatic N) is 3. The van der Waals surface area contributed by atoms with Gasteiger partial charge < -0.3 is 50.4 Å². The molecule has 3 rings (SSSR count). The topological polar surface area (TPSA) is 339 Å². The molecule has 446 valence electrons. The Morgan fingerprint density at radius 1 is 0.875 bits per heavy atom. The van der Waals surface area contributed by atoms with Crippen LogP contribution in [0.15, 0.2) is 29.6 Å². The summed E-state index contributed by atoms with van der Waals surface area (Å²) in [5, 5.41) is 38.4. The Morgan fingerprint density at radius 3 is 2.19 bits per heavy atom. The molecule has 1 saturated heterocycles. The number of hydrogen-bond donors (Lipinski definition) is 8. The van der Waals surface area contributed by atoms with Crippen LogP contribution in [0, 0.1) is 23.7 Å². The van der Waals surface area contributed by atoms with Gasteiger partial charge in [-0.05, 0) is 75.2 Å². The molecule has 1 aliphatic rings. The largest absolute Gasteiger partial charge is 0.508 e. The molecule has 2 heterocycles. The van der Waals surface area contributed by atoms with E-state index in [1.165, 1.54) is 36.3 Å². The number of aromatic hydroxyl groups is 1. The number of carbonyl (C=O) groups is 10. The zero-order valence-corrected chi connectivity index (χ0v) is 49.4. The van der Waals surface area contributed by atoms with Gasteiger partial charge in [0.05, 0.1) is 12.0 Å². The molecule has 0 spiro atoms.